The van der Waals surface area contributed by atoms with Crippen molar-refractivity contribution in [3.05, 3.63) is 67.0 Å². The second kappa shape index (κ2) is 6.20. The van der Waals surface area contributed by atoms with Crippen molar-refractivity contribution in [2.24, 2.45) is 0 Å². The summed E-state index contributed by atoms with van der Waals surface area (Å²) in [4.78, 5) is 8.45. The minimum Gasteiger partial charge on any atom is -0.699 e. The van der Waals surface area contributed by atoms with Crippen LogP contribution in [0, 0.1) is 6.92 Å². The first-order valence-corrected chi connectivity index (χ1v) is 5.88. The first-order chi connectivity index (χ1) is 9.24. The van der Waals surface area contributed by atoms with Crippen LogP contribution in [0.4, 0.5) is 17.2 Å². The quantitative estimate of drug-likeness (QED) is 0.712. The molecule has 0 saturated heterocycles. The van der Waals surface area contributed by atoms with Crippen molar-refractivity contribution >= 4 is 28.1 Å². The number of aromatic nitrogens is 2. The largest absolute Gasteiger partial charge is 0.699 e. The maximum absolute atomic E-state index is 7.70. The van der Waals surface area contributed by atoms with Crippen LogP contribution in [0.15, 0.2) is 48.8 Å². The Hall–Kier alpha value is -1.65. The van der Waals surface area contributed by atoms with E-state index in [-0.39, 0.29) is 32.7 Å². The van der Waals surface area contributed by atoms with Gasteiger partial charge in [0, 0.05) is 38.1 Å². The topological polar surface area (TPSA) is 61.6 Å². The molecule has 1 radical (unpaired) electrons. The third kappa shape index (κ3) is 2.92. The first kappa shape index (κ1) is 14.8. The SMILES string of the molecule is [CH2-]c1ccccc1Nc1ncnc2ccc([NH-])cc12.[Y]. The Morgan fingerprint density at radius 2 is 1.85 bits per heavy atom. The standard InChI is InChI=1S/C15H12N4.Y/c1-10-4-2-3-5-13(10)19-15-12-8-11(16)6-7-14(12)17-9-18-15;/h2-9,16H,1H2,(H,17,18,19);/q-2;. The summed E-state index contributed by atoms with van der Waals surface area (Å²) in [5.74, 6) is 0.690. The van der Waals surface area contributed by atoms with Gasteiger partial charge in [0.05, 0.1) is 5.52 Å². The summed E-state index contributed by atoms with van der Waals surface area (Å²) in [6, 6.07) is 13.0. The number of fused-ring (bicyclic) bond motifs is 1. The zero-order valence-corrected chi connectivity index (χ0v) is 13.6. The van der Waals surface area contributed by atoms with Gasteiger partial charge >= 0.3 is 0 Å². The number of rotatable bonds is 2. The van der Waals surface area contributed by atoms with Crippen LogP contribution in [0.25, 0.3) is 16.6 Å². The van der Waals surface area contributed by atoms with Gasteiger partial charge in [0.25, 0.3) is 0 Å². The summed E-state index contributed by atoms with van der Waals surface area (Å²) in [6.07, 6.45) is 1.51. The molecule has 5 heteroatoms. The molecule has 1 heterocycles. The van der Waals surface area contributed by atoms with Crippen molar-refractivity contribution < 1.29 is 32.7 Å². The molecular formula is C15H12N4Y-2. The van der Waals surface area contributed by atoms with Crippen molar-refractivity contribution in [1.29, 1.82) is 0 Å². The second-order valence-electron chi connectivity index (χ2n) is 4.24. The third-order valence-electron chi connectivity index (χ3n) is 2.91. The Kier molecular flexibility index (Phi) is 4.58. The van der Waals surface area contributed by atoms with Gasteiger partial charge in [-0.15, -0.1) is 11.8 Å². The van der Waals surface area contributed by atoms with E-state index < -0.39 is 0 Å². The maximum Gasteiger partial charge on any atom is 0.130 e. The van der Waals surface area contributed by atoms with Gasteiger partial charge in [0.15, 0.2) is 0 Å². The van der Waals surface area contributed by atoms with E-state index in [0.29, 0.717) is 11.5 Å². The van der Waals surface area contributed by atoms with E-state index in [4.69, 9.17) is 5.73 Å². The summed E-state index contributed by atoms with van der Waals surface area (Å²) in [7, 11) is 0. The van der Waals surface area contributed by atoms with Gasteiger partial charge in [-0.2, -0.15) is 18.6 Å². The van der Waals surface area contributed by atoms with Crippen molar-refractivity contribution in [3.63, 3.8) is 0 Å². The predicted octanol–water partition coefficient (Wildman–Crippen LogP) is 4.24. The number of anilines is 2. The molecule has 3 aromatic rings. The Morgan fingerprint density at radius 3 is 2.65 bits per heavy atom. The fourth-order valence-electron chi connectivity index (χ4n) is 1.93. The van der Waals surface area contributed by atoms with Gasteiger partial charge in [-0.1, -0.05) is 30.0 Å². The minimum absolute atomic E-state index is 0. The average molecular weight is 337 g/mol. The van der Waals surface area contributed by atoms with Crippen LogP contribution in [-0.2, 0) is 32.7 Å². The van der Waals surface area contributed by atoms with Gasteiger partial charge in [-0.25, -0.2) is 9.97 Å². The van der Waals surface area contributed by atoms with Gasteiger partial charge in [-0.05, 0) is 6.07 Å². The molecule has 0 aliphatic heterocycles. The van der Waals surface area contributed by atoms with E-state index in [1.807, 2.05) is 30.3 Å². The Bertz CT molecular complexity index is 743. The van der Waals surface area contributed by atoms with Crippen LogP contribution < -0.4 is 5.32 Å². The Balaban J connectivity index is 0.00000147. The summed E-state index contributed by atoms with van der Waals surface area (Å²) in [5.41, 5.74) is 10.8. The van der Waals surface area contributed by atoms with Crippen LogP contribution in [0.1, 0.15) is 5.56 Å². The molecule has 0 aliphatic rings. The summed E-state index contributed by atoms with van der Waals surface area (Å²) in [5, 5.41) is 4.08. The Morgan fingerprint density at radius 1 is 1.05 bits per heavy atom. The van der Waals surface area contributed by atoms with Crippen molar-refractivity contribution in [2.45, 2.75) is 0 Å². The Labute approximate surface area is 142 Å². The smallest absolute Gasteiger partial charge is 0.130 e. The van der Waals surface area contributed by atoms with E-state index in [9.17, 15) is 0 Å². The molecule has 0 bridgehead atoms. The minimum atomic E-state index is 0. The second-order valence-corrected chi connectivity index (χ2v) is 4.24. The van der Waals surface area contributed by atoms with Crippen LogP contribution in [0.5, 0.6) is 0 Å². The molecule has 0 atom stereocenters. The zero-order chi connectivity index (χ0) is 13.2. The number of benzene rings is 2. The number of nitrogens with zero attached hydrogens (tertiary/aromatic N) is 2. The van der Waals surface area contributed by atoms with E-state index in [2.05, 4.69) is 22.2 Å². The predicted molar refractivity (Wildman–Crippen MR) is 77.7 cm³/mol. The maximum atomic E-state index is 7.70. The molecule has 0 aliphatic carbocycles. The molecule has 1 aromatic heterocycles. The molecule has 0 fully saturated rings. The van der Waals surface area contributed by atoms with Gasteiger partial charge < -0.3 is 11.1 Å². The van der Waals surface area contributed by atoms with Crippen LogP contribution in [-0.4, -0.2) is 9.97 Å². The first-order valence-electron chi connectivity index (χ1n) is 5.88. The molecule has 0 saturated carbocycles. The van der Waals surface area contributed by atoms with Gasteiger partial charge in [0.2, 0.25) is 0 Å². The van der Waals surface area contributed by atoms with Crippen molar-refractivity contribution in [3.8, 4) is 0 Å². The van der Waals surface area contributed by atoms with Crippen LogP contribution >= 0.6 is 0 Å². The van der Waals surface area contributed by atoms with Crippen LogP contribution in [0.3, 0.4) is 0 Å². The molecule has 2 N–H and O–H groups in total. The normalized spacial score (nSPS) is 10.0. The van der Waals surface area contributed by atoms with E-state index in [1.165, 1.54) is 6.33 Å². The monoisotopic (exact) mass is 337 g/mol. The van der Waals surface area contributed by atoms with E-state index in [0.717, 1.165) is 22.2 Å². The third-order valence-corrected chi connectivity index (χ3v) is 2.91. The average Bonchev–Trinajstić information content (AvgIpc) is 2.42. The summed E-state index contributed by atoms with van der Waals surface area (Å²) >= 11 is 0. The zero-order valence-electron chi connectivity index (χ0n) is 10.8. The number of hydrogen-bond acceptors (Lipinski definition) is 3. The summed E-state index contributed by atoms with van der Waals surface area (Å²) < 4.78 is 0. The van der Waals surface area contributed by atoms with Gasteiger partial charge in [0.1, 0.15) is 12.1 Å². The molecule has 2 aromatic carbocycles. The molecule has 0 spiro atoms. The fraction of sp³-hybridized carbons (Fsp3) is 0. The summed E-state index contributed by atoms with van der Waals surface area (Å²) in [6.45, 7) is 3.97. The molecule has 4 nitrogen and oxygen atoms in total. The van der Waals surface area contributed by atoms with Crippen molar-refractivity contribution in [2.75, 3.05) is 5.32 Å². The number of nitrogens with one attached hydrogen (secondary N) is 2. The van der Waals surface area contributed by atoms with Crippen molar-refractivity contribution in [1.82, 2.24) is 9.97 Å². The van der Waals surface area contributed by atoms with E-state index >= 15 is 0 Å². The van der Waals surface area contributed by atoms with Gasteiger partial charge in [-0.3, -0.25) is 0 Å². The molecular weight excluding hydrogens is 325 g/mol. The number of hydrogen-bond donors (Lipinski definition) is 1. The molecule has 20 heavy (non-hydrogen) atoms. The fourth-order valence-corrected chi connectivity index (χ4v) is 1.93. The number of para-hydroxylation sites is 1. The molecule has 97 valence electrons. The molecule has 3 rings (SSSR count). The van der Waals surface area contributed by atoms with E-state index in [1.54, 1.807) is 12.1 Å². The van der Waals surface area contributed by atoms with Crippen LogP contribution in [0.2, 0.25) is 0 Å². The molecule has 0 unspecified atom stereocenters. The molecule has 0 amide bonds.